The van der Waals surface area contributed by atoms with Crippen molar-refractivity contribution in [3.8, 4) is 0 Å². The zero-order valence-electron chi connectivity index (χ0n) is 13.5. The molecular formula is C15H25N3O3. The van der Waals surface area contributed by atoms with Crippen LogP contribution >= 0.6 is 0 Å². The molecule has 2 rings (SSSR count). The van der Waals surface area contributed by atoms with Crippen molar-refractivity contribution in [1.29, 1.82) is 0 Å². The number of rotatable bonds is 3. The Kier molecular flexibility index (Phi) is 4.27. The lowest BCUT2D eigenvalue weighted by atomic mass is 10.1. The van der Waals surface area contributed by atoms with Crippen LogP contribution in [0.4, 0.5) is 4.79 Å². The third-order valence-electron chi connectivity index (χ3n) is 3.57. The first-order valence-electron chi connectivity index (χ1n) is 7.26. The number of hydrogen-bond acceptors (Lipinski definition) is 4. The molecular weight excluding hydrogens is 270 g/mol. The number of nitrogens with zero attached hydrogens (tertiary/aromatic N) is 3. The molecule has 118 valence electrons. The number of aromatic nitrogens is 2. The maximum atomic E-state index is 12.1. The Hall–Kier alpha value is -1.56. The van der Waals surface area contributed by atoms with E-state index in [-0.39, 0.29) is 11.7 Å². The summed E-state index contributed by atoms with van der Waals surface area (Å²) in [4.78, 5) is 17.9. The lowest BCUT2D eigenvalue weighted by molar-refractivity contribution is -0.0394. The van der Waals surface area contributed by atoms with E-state index in [2.05, 4.69) is 4.98 Å². The monoisotopic (exact) mass is 295 g/mol. The maximum Gasteiger partial charge on any atom is 0.410 e. The van der Waals surface area contributed by atoms with Crippen molar-refractivity contribution in [2.45, 2.75) is 51.9 Å². The van der Waals surface area contributed by atoms with Crippen LogP contribution in [0, 0.1) is 0 Å². The van der Waals surface area contributed by atoms with Gasteiger partial charge in [-0.3, -0.25) is 0 Å². The second-order valence-electron chi connectivity index (χ2n) is 6.89. The second kappa shape index (κ2) is 5.67. The fourth-order valence-electron chi connectivity index (χ4n) is 2.31. The van der Waals surface area contributed by atoms with Crippen LogP contribution in [0.1, 0.15) is 39.8 Å². The van der Waals surface area contributed by atoms with Crippen LogP contribution < -0.4 is 0 Å². The van der Waals surface area contributed by atoms with E-state index in [1.807, 2.05) is 39.3 Å². The fraction of sp³-hybridized carbons (Fsp3) is 0.733. The van der Waals surface area contributed by atoms with Gasteiger partial charge in [0.2, 0.25) is 0 Å². The number of hydrogen-bond donors (Lipinski definition) is 0. The normalized spacial score (nSPS) is 22.6. The first-order valence-corrected chi connectivity index (χ1v) is 7.26. The van der Waals surface area contributed by atoms with Gasteiger partial charge in [-0.1, -0.05) is 0 Å². The fourth-order valence-corrected chi connectivity index (χ4v) is 2.31. The van der Waals surface area contributed by atoms with Crippen LogP contribution in [0.2, 0.25) is 0 Å². The molecule has 0 radical (unpaired) electrons. The lowest BCUT2D eigenvalue weighted by Gasteiger charge is -2.27. The SMILES string of the molecule is Cn1cncc1COC1(C)CCN(C(=O)OC(C)(C)C)C1. The molecule has 0 N–H and O–H groups in total. The van der Waals surface area contributed by atoms with Gasteiger partial charge in [0.25, 0.3) is 0 Å². The Morgan fingerprint density at radius 2 is 2.19 bits per heavy atom. The summed E-state index contributed by atoms with van der Waals surface area (Å²) in [5.41, 5.74) is 0.222. The minimum atomic E-state index is -0.467. The summed E-state index contributed by atoms with van der Waals surface area (Å²) in [5, 5.41) is 0. The van der Waals surface area contributed by atoms with Crippen molar-refractivity contribution < 1.29 is 14.3 Å². The van der Waals surface area contributed by atoms with Crippen LogP contribution in [0.5, 0.6) is 0 Å². The van der Waals surface area contributed by atoms with Crippen LogP contribution in [-0.4, -0.2) is 44.8 Å². The van der Waals surface area contributed by atoms with Crippen molar-refractivity contribution in [3.63, 3.8) is 0 Å². The average molecular weight is 295 g/mol. The van der Waals surface area contributed by atoms with Crippen molar-refractivity contribution in [2.75, 3.05) is 13.1 Å². The van der Waals surface area contributed by atoms with E-state index in [4.69, 9.17) is 9.47 Å². The molecule has 1 fully saturated rings. The zero-order valence-corrected chi connectivity index (χ0v) is 13.5. The first kappa shape index (κ1) is 15.8. The molecule has 21 heavy (non-hydrogen) atoms. The number of amides is 1. The van der Waals surface area contributed by atoms with Gasteiger partial charge in [-0.15, -0.1) is 0 Å². The Labute approximate surface area is 126 Å². The molecule has 1 aliphatic rings. The first-order chi connectivity index (χ1) is 9.69. The summed E-state index contributed by atoms with van der Waals surface area (Å²) in [6.45, 7) is 9.37. The van der Waals surface area contributed by atoms with E-state index >= 15 is 0 Å². The summed E-state index contributed by atoms with van der Waals surface area (Å²) in [5.74, 6) is 0. The Bertz CT molecular complexity index is 507. The van der Waals surface area contributed by atoms with Gasteiger partial charge in [0.05, 0.1) is 37.0 Å². The standard InChI is InChI=1S/C15H25N3O3/c1-14(2,3)21-13(19)18-7-6-15(4,10-18)20-9-12-8-16-11-17(12)5/h8,11H,6-7,9-10H2,1-5H3. The van der Waals surface area contributed by atoms with Gasteiger partial charge in [-0.25, -0.2) is 9.78 Å². The van der Waals surface area contributed by atoms with Gasteiger partial charge in [-0.05, 0) is 34.1 Å². The molecule has 0 saturated carbocycles. The third kappa shape index (κ3) is 4.20. The number of carbonyl (C=O) groups is 1. The predicted molar refractivity (Wildman–Crippen MR) is 78.8 cm³/mol. The molecule has 1 amide bonds. The smallest absolute Gasteiger partial charge is 0.410 e. The summed E-state index contributed by atoms with van der Waals surface area (Å²) in [6, 6.07) is 0. The minimum absolute atomic E-state index is 0.268. The van der Waals surface area contributed by atoms with Gasteiger partial charge in [-0.2, -0.15) is 0 Å². The average Bonchev–Trinajstić information content (AvgIpc) is 2.92. The molecule has 1 aromatic rings. The van der Waals surface area contributed by atoms with E-state index in [0.717, 1.165) is 12.1 Å². The van der Waals surface area contributed by atoms with Crippen molar-refractivity contribution >= 4 is 6.09 Å². The number of ether oxygens (including phenoxy) is 2. The van der Waals surface area contributed by atoms with E-state index in [9.17, 15) is 4.79 Å². The Balaban J connectivity index is 1.88. The highest BCUT2D eigenvalue weighted by Gasteiger charge is 2.38. The molecule has 2 heterocycles. The van der Waals surface area contributed by atoms with Gasteiger partial charge in [0.1, 0.15) is 5.60 Å². The molecule has 1 aliphatic heterocycles. The molecule has 0 spiro atoms. The molecule has 0 bridgehead atoms. The maximum absolute atomic E-state index is 12.1. The number of aryl methyl sites for hydroxylation is 1. The highest BCUT2D eigenvalue weighted by Crippen LogP contribution is 2.27. The van der Waals surface area contributed by atoms with Gasteiger partial charge < -0.3 is 18.9 Å². The summed E-state index contributed by atoms with van der Waals surface area (Å²) in [7, 11) is 1.94. The Morgan fingerprint density at radius 3 is 2.76 bits per heavy atom. The van der Waals surface area contributed by atoms with Gasteiger partial charge in [0.15, 0.2) is 0 Å². The van der Waals surface area contributed by atoms with Crippen molar-refractivity contribution in [2.24, 2.45) is 7.05 Å². The summed E-state index contributed by atoms with van der Waals surface area (Å²) in [6.07, 6.45) is 4.09. The van der Waals surface area contributed by atoms with Crippen LogP contribution in [-0.2, 0) is 23.1 Å². The highest BCUT2D eigenvalue weighted by molar-refractivity contribution is 5.68. The molecule has 1 atom stereocenters. The van der Waals surface area contributed by atoms with E-state index in [1.165, 1.54) is 0 Å². The Morgan fingerprint density at radius 1 is 1.48 bits per heavy atom. The molecule has 1 unspecified atom stereocenters. The third-order valence-corrected chi connectivity index (χ3v) is 3.57. The quantitative estimate of drug-likeness (QED) is 0.859. The van der Waals surface area contributed by atoms with Crippen LogP contribution in [0.25, 0.3) is 0 Å². The summed E-state index contributed by atoms with van der Waals surface area (Å²) < 4.78 is 13.4. The number of likely N-dealkylation sites (tertiary alicyclic amines) is 1. The van der Waals surface area contributed by atoms with Crippen LogP contribution in [0.3, 0.4) is 0 Å². The number of imidazole rings is 1. The molecule has 6 heteroatoms. The van der Waals surface area contributed by atoms with Crippen molar-refractivity contribution in [3.05, 3.63) is 18.2 Å². The summed E-state index contributed by atoms with van der Waals surface area (Å²) >= 11 is 0. The topological polar surface area (TPSA) is 56.6 Å². The zero-order chi connectivity index (χ0) is 15.7. The lowest BCUT2D eigenvalue weighted by Crippen LogP contribution is -2.39. The molecule has 0 aromatic carbocycles. The predicted octanol–water partition coefficient (Wildman–Crippen LogP) is 2.34. The van der Waals surface area contributed by atoms with Crippen molar-refractivity contribution in [1.82, 2.24) is 14.5 Å². The van der Waals surface area contributed by atoms with E-state index < -0.39 is 5.60 Å². The largest absolute Gasteiger partial charge is 0.444 e. The second-order valence-corrected chi connectivity index (χ2v) is 6.89. The number of carbonyl (C=O) groups excluding carboxylic acids is 1. The minimum Gasteiger partial charge on any atom is -0.444 e. The molecule has 0 aliphatic carbocycles. The highest BCUT2D eigenvalue weighted by atomic mass is 16.6. The molecule has 6 nitrogen and oxygen atoms in total. The van der Waals surface area contributed by atoms with Gasteiger partial charge >= 0.3 is 6.09 Å². The van der Waals surface area contributed by atoms with Gasteiger partial charge in [0, 0.05) is 13.6 Å². The van der Waals surface area contributed by atoms with Crippen LogP contribution in [0.15, 0.2) is 12.5 Å². The molecule has 1 saturated heterocycles. The van der Waals surface area contributed by atoms with E-state index in [0.29, 0.717) is 19.7 Å². The molecule has 1 aromatic heterocycles. The van der Waals surface area contributed by atoms with E-state index in [1.54, 1.807) is 17.4 Å².